The number of nitrogens with zero attached hydrogens (tertiary/aromatic N) is 2. The number of benzene rings is 3. The first-order valence-electron chi connectivity index (χ1n) is 14.0. The summed E-state index contributed by atoms with van der Waals surface area (Å²) >= 11 is 6.22. The van der Waals surface area contributed by atoms with Crippen LogP contribution in [0.4, 0.5) is 5.69 Å². The number of hydrogen-bond acceptors (Lipinski definition) is 6. The van der Waals surface area contributed by atoms with E-state index >= 15 is 0 Å². The topological polar surface area (TPSA) is 105 Å². The molecule has 0 spiro atoms. The van der Waals surface area contributed by atoms with Crippen LogP contribution in [0.5, 0.6) is 11.5 Å². The van der Waals surface area contributed by atoms with Gasteiger partial charge in [0.25, 0.3) is 10.0 Å². The van der Waals surface area contributed by atoms with Crippen LogP contribution >= 0.6 is 11.6 Å². The molecule has 1 aliphatic heterocycles. The van der Waals surface area contributed by atoms with Crippen LogP contribution in [0.2, 0.25) is 5.02 Å². The maximum absolute atomic E-state index is 14.1. The van der Waals surface area contributed by atoms with Gasteiger partial charge in [-0.15, -0.1) is 0 Å². The van der Waals surface area contributed by atoms with Gasteiger partial charge in [0.05, 0.1) is 10.6 Å². The summed E-state index contributed by atoms with van der Waals surface area (Å²) in [6, 6.07) is 18.9. The van der Waals surface area contributed by atoms with Crippen LogP contribution in [0.15, 0.2) is 77.7 Å². The van der Waals surface area contributed by atoms with Crippen molar-refractivity contribution in [3.05, 3.63) is 83.4 Å². The van der Waals surface area contributed by atoms with Gasteiger partial charge in [0.1, 0.15) is 25.8 Å². The Labute approximate surface area is 251 Å². The van der Waals surface area contributed by atoms with Crippen molar-refractivity contribution in [2.45, 2.75) is 56.1 Å². The van der Waals surface area contributed by atoms with Gasteiger partial charge in [-0.2, -0.15) is 0 Å². The lowest BCUT2D eigenvalue weighted by molar-refractivity contribution is -0.139. The third kappa shape index (κ3) is 6.82. The first-order chi connectivity index (χ1) is 20.2. The number of sulfonamides is 1. The van der Waals surface area contributed by atoms with Crippen LogP contribution in [0.1, 0.15) is 38.2 Å². The standard InChI is InChI=1S/C31H34ClN3O6S/c1-22(31(37)33-25-10-5-6-11-25)34(20-23-8-7-9-24(32)18-23)30(36)21-35(42(38,39)27-12-3-2-4-13-27)26-14-15-28-29(19-26)41-17-16-40-28/h2-4,7-9,12-15,18-19,22,25H,5-6,10-11,16-17,20-21H2,1H3,(H,33,37)/t22-/m1/s1. The highest BCUT2D eigenvalue weighted by atomic mass is 35.5. The molecule has 0 radical (unpaired) electrons. The Balaban J connectivity index is 1.49. The number of rotatable bonds is 10. The summed E-state index contributed by atoms with van der Waals surface area (Å²) in [7, 11) is -4.19. The summed E-state index contributed by atoms with van der Waals surface area (Å²) in [5.41, 5.74) is 0.954. The summed E-state index contributed by atoms with van der Waals surface area (Å²) < 4.78 is 40.3. The lowest BCUT2D eigenvalue weighted by Gasteiger charge is -2.32. The molecule has 222 valence electrons. The van der Waals surface area contributed by atoms with Gasteiger partial charge in [-0.1, -0.05) is 54.8 Å². The number of carbonyl (C=O) groups excluding carboxylic acids is 2. The largest absolute Gasteiger partial charge is 0.486 e. The molecular weight excluding hydrogens is 578 g/mol. The van der Waals surface area contributed by atoms with Gasteiger partial charge in [0.15, 0.2) is 11.5 Å². The predicted octanol–water partition coefficient (Wildman–Crippen LogP) is 4.78. The lowest BCUT2D eigenvalue weighted by atomic mass is 10.1. The molecule has 42 heavy (non-hydrogen) atoms. The Morgan fingerprint density at radius 2 is 1.67 bits per heavy atom. The smallest absolute Gasteiger partial charge is 0.264 e. The Bertz CT molecular complexity index is 1530. The first kappa shape index (κ1) is 29.7. The molecule has 1 fully saturated rings. The van der Waals surface area contributed by atoms with Gasteiger partial charge in [0.2, 0.25) is 11.8 Å². The average molecular weight is 612 g/mol. The van der Waals surface area contributed by atoms with Crippen LogP contribution in [0.25, 0.3) is 0 Å². The van der Waals surface area contributed by atoms with E-state index in [4.69, 9.17) is 21.1 Å². The normalized spacial score (nSPS) is 15.6. The van der Waals surface area contributed by atoms with E-state index in [1.165, 1.54) is 17.0 Å². The number of ether oxygens (including phenoxy) is 2. The number of nitrogens with one attached hydrogen (secondary N) is 1. The van der Waals surface area contributed by atoms with E-state index in [0.29, 0.717) is 35.3 Å². The van der Waals surface area contributed by atoms with E-state index in [2.05, 4.69) is 5.32 Å². The molecule has 9 nitrogen and oxygen atoms in total. The van der Waals surface area contributed by atoms with Crippen molar-refractivity contribution in [1.29, 1.82) is 0 Å². The quantitative estimate of drug-likeness (QED) is 0.354. The molecule has 0 bridgehead atoms. The molecule has 1 saturated carbocycles. The summed E-state index contributed by atoms with van der Waals surface area (Å²) in [5.74, 6) is 0.0558. The fourth-order valence-electron chi connectivity index (χ4n) is 5.24. The summed E-state index contributed by atoms with van der Waals surface area (Å²) in [5, 5.41) is 3.56. The second-order valence-corrected chi connectivity index (χ2v) is 12.8. The summed E-state index contributed by atoms with van der Waals surface area (Å²) in [4.78, 5) is 28.9. The van der Waals surface area contributed by atoms with Crippen LogP contribution < -0.4 is 19.1 Å². The van der Waals surface area contributed by atoms with Crippen molar-refractivity contribution in [2.75, 3.05) is 24.1 Å². The fourth-order valence-corrected chi connectivity index (χ4v) is 6.88. The number of hydrogen-bond donors (Lipinski definition) is 1. The van der Waals surface area contributed by atoms with E-state index < -0.39 is 28.5 Å². The average Bonchev–Trinajstić information content (AvgIpc) is 3.51. The molecular formula is C31H34ClN3O6S. The molecule has 0 saturated heterocycles. The van der Waals surface area contributed by atoms with Crippen molar-refractivity contribution in [3.63, 3.8) is 0 Å². The van der Waals surface area contributed by atoms with Crippen molar-refractivity contribution >= 4 is 39.1 Å². The molecule has 1 atom stereocenters. The molecule has 11 heteroatoms. The maximum Gasteiger partial charge on any atom is 0.264 e. The molecule has 5 rings (SSSR count). The van der Waals surface area contributed by atoms with Crippen LogP contribution in [0.3, 0.4) is 0 Å². The van der Waals surface area contributed by atoms with E-state index in [0.717, 1.165) is 30.0 Å². The van der Waals surface area contributed by atoms with Crippen molar-refractivity contribution in [1.82, 2.24) is 10.2 Å². The van der Waals surface area contributed by atoms with Gasteiger partial charge in [-0.05, 0) is 61.7 Å². The molecule has 2 aliphatic rings. The van der Waals surface area contributed by atoms with Crippen molar-refractivity contribution < 1.29 is 27.5 Å². The minimum absolute atomic E-state index is 0.0288. The second-order valence-electron chi connectivity index (χ2n) is 10.5. The summed E-state index contributed by atoms with van der Waals surface area (Å²) in [6.45, 7) is 1.89. The number of fused-ring (bicyclic) bond motifs is 1. The van der Waals surface area contributed by atoms with Crippen molar-refractivity contribution in [2.24, 2.45) is 0 Å². The van der Waals surface area contributed by atoms with Gasteiger partial charge in [0, 0.05) is 23.7 Å². The maximum atomic E-state index is 14.1. The second kappa shape index (κ2) is 13.0. The van der Waals surface area contributed by atoms with E-state index in [-0.39, 0.29) is 29.1 Å². The van der Waals surface area contributed by atoms with Gasteiger partial charge >= 0.3 is 0 Å². The molecule has 2 amide bonds. The van der Waals surface area contributed by atoms with Gasteiger partial charge < -0.3 is 19.7 Å². The van der Waals surface area contributed by atoms with Crippen molar-refractivity contribution in [3.8, 4) is 11.5 Å². The monoisotopic (exact) mass is 611 g/mol. The lowest BCUT2D eigenvalue weighted by Crippen LogP contribution is -2.52. The minimum atomic E-state index is -4.19. The van der Waals surface area contributed by atoms with Crippen LogP contribution in [-0.4, -0.2) is 57.0 Å². The Kier molecular flexibility index (Phi) is 9.23. The van der Waals surface area contributed by atoms with Gasteiger partial charge in [-0.3, -0.25) is 13.9 Å². The zero-order valence-corrected chi connectivity index (χ0v) is 24.9. The highest BCUT2D eigenvalue weighted by molar-refractivity contribution is 7.92. The molecule has 0 unspecified atom stereocenters. The fraction of sp³-hybridized carbons (Fsp3) is 0.355. The third-order valence-corrected chi connectivity index (χ3v) is 9.56. The van der Waals surface area contributed by atoms with E-state index in [1.54, 1.807) is 61.5 Å². The molecule has 1 heterocycles. The summed E-state index contributed by atoms with van der Waals surface area (Å²) in [6.07, 6.45) is 3.89. The zero-order valence-electron chi connectivity index (χ0n) is 23.4. The minimum Gasteiger partial charge on any atom is -0.486 e. The molecule has 1 N–H and O–H groups in total. The number of amides is 2. The third-order valence-electron chi connectivity index (χ3n) is 7.53. The van der Waals surface area contributed by atoms with Gasteiger partial charge in [-0.25, -0.2) is 8.42 Å². The molecule has 3 aromatic rings. The highest BCUT2D eigenvalue weighted by Crippen LogP contribution is 2.36. The Morgan fingerprint density at radius 3 is 2.38 bits per heavy atom. The number of carbonyl (C=O) groups is 2. The number of halogens is 1. The number of anilines is 1. The molecule has 3 aromatic carbocycles. The van der Waals surface area contributed by atoms with E-state index in [1.807, 2.05) is 6.07 Å². The zero-order chi connectivity index (χ0) is 29.7. The SMILES string of the molecule is C[C@H](C(=O)NC1CCCC1)N(Cc1cccc(Cl)c1)C(=O)CN(c1ccc2c(c1)OCCO2)S(=O)(=O)c1ccccc1. The predicted molar refractivity (Wildman–Crippen MR) is 160 cm³/mol. The van der Waals surface area contributed by atoms with Crippen LogP contribution in [-0.2, 0) is 26.2 Å². The van der Waals surface area contributed by atoms with Crippen LogP contribution in [0, 0.1) is 0 Å². The first-order valence-corrected chi connectivity index (χ1v) is 15.9. The van der Waals surface area contributed by atoms with E-state index in [9.17, 15) is 18.0 Å². The highest BCUT2D eigenvalue weighted by Gasteiger charge is 2.34. The molecule has 0 aromatic heterocycles. The Morgan fingerprint density at radius 1 is 0.952 bits per heavy atom. The Hall–Kier alpha value is -3.76. The molecule has 1 aliphatic carbocycles.